The van der Waals surface area contributed by atoms with Gasteiger partial charge in [-0.15, -0.1) is 0 Å². The number of benzene rings is 3. The summed E-state index contributed by atoms with van der Waals surface area (Å²) in [6.07, 6.45) is 0.0202. The highest BCUT2D eigenvalue weighted by molar-refractivity contribution is 6.00. The molecule has 8 heteroatoms. The zero-order chi connectivity index (χ0) is 24.8. The summed E-state index contributed by atoms with van der Waals surface area (Å²) in [6, 6.07) is 20.5. The molecule has 182 valence electrons. The lowest BCUT2D eigenvalue weighted by atomic mass is 9.82. The van der Waals surface area contributed by atoms with E-state index in [-0.39, 0.29) is 32.0 Å². The van der Waals surface area contributed by atoms with Crippen LogP contribution in [-0.4, -0.2) is 35.0 Å². The molecule has 2 N–H and O–H groups in total. The summed E-state index contributed by atoms with van der Waals surface area (Å²) in [5, 5.41) is 5.96. The molecule has 3 aromatic carbocycles. The summed E-state index contributed by atoms with van der Waals surface area (Å²) in [5.74, 6) is -1.30. The van der Waals surface area contributed by atoms with Crippen molar-refractivity contribution in [1.29, 1.82) is 0 Å². The second kappa shape index (κ2) is 10.5. The third-order valence-corrected chi connectivity index (χ3v) is 6.12. The van der Waals surface area contributed by atoms with Crippen LogP contribution in [0.1, 0.15) is 25.3 Å². The van der Waals surface area contributed by atoms with Crippen LogP contribution >= 0.6 is 0 Å². The van der Waals surface area contributed by atoms with Crippen molar-refractivity contribution in [3.63, 3.8) is 0 Å². The maximum absolute atomic E-state index is 13.9. The van der Waals surface area contributed by atoms with E-state index in [1.807, 2.05) is 37.3 Å². The van der Waals surface area contributed by atoms with Crippen LogP contribution in [0.4, 0.5) is 25.0 Å². The van der Waals surface area contributed by atoms with Gasteiger partial charge in [-0.2, -0.15) is 0 Å². The molecular formula is C27H27F2N3O3. The number of piperidine rings is 1. The molecule has 0 saturated carbocycles. The summed E-state index contributed by atoms with van der Waals surface area (Å²) < 4.78 is 33.0. The number of amides is 2. The van der Waals surface area contributed by atoms with Crippen LogP contribution in [-0.2, 0) is 16.1 Å². The molecule has 1 aliphatic rings. The van der Waals surface area contributed by atoms with Gasteiger partial charge in [-0.3, -0.25) is 4.79 Å². The van der Waals surface area contributed by atoms with Gasteiger partial charge in [0.25, 0.3) is 0 Å². The van der Waals surface area contributed by atoms with Crippen LogP contribution in [0.5, 0.6) is 0 Å². The number of rotatable bonds is 6. The van der Waals surface area contributed by atoms with Gasteiger partial charge in [0.15, 0.2) is 0 Å². The van der Waals surface area contributed by atoms with Gasteiger partial charge >= 0.3 is 6.09 Å². The van der Waals surface area contributed by atoms with Gasteiger partial charge in [0.2, 0.25) is 5.91 Å². The third kappa shape index (κ3) is 5.95. The Balaban J connectivity index is 1.51. The number of hydrogen-bond donors (Lipinski definition) is 2. The van der Waals surface area contributed by atoms with E-state index >= 15 is 0 Å². The molecular weight excluding hydrogens is 452 g/mol. The number of carbonyl (C=O) groups is 2. The lowest BCUT2D eigenvalue weighted by Gasteiger charge is -2.44. The average molecular weight is 480 g/mol. The molecule has 4 rings (SSSR count). The van der Waals surface area contributed by atoms with Gasteiger partial charge in [0.05, 0.1) is 0 Å². The number of nitrogens with zero attached hydrogens (tertiary/aromatic N) is 1. The fourth-order valence-corrected chi connectivity index (χ4v) is 4.36. The molecule has 35 heavy (non-hydrogen) atoms. The lowest BCUT2D eigenvalue weighted by molar-refractivity contribution is -0.122. The molecule has 6 nitrogen and oxygen atoms in total. The molecule has 0 spiro atoms. The second-order valence-corrected chi connectivity index (χ2v) is 8.72. The maximum Gasteiger partial charge on any atom is 0.410 e. The first-order chi connectivity index (χ1) is 16.8. The van der Waals surface area contributed by atoms with Gasteiger partial charge in [0, 0.05) is 24.0 Å². The van der Waals surface area contributed by atoms with Gasteiger partial charge in [-0.1, -0.05) is 42.5 Å². The van der Waals surface area contributed by atoms with E-state index in [0.29, 0.717) is 11.4 Å². The Labute approximate surface area is 202 Å². The van der Waals surface area contributed by atoms with Crippen molar-refractivity contribution in [2.75, 3.05) is 17.2 Å². The average Bonchev–Trinajstić information content (AvgIpc) is 2.83. The third-order valence-electron chi connectivity index (χ3n) is 6.12. The van der Waals surface area contributed by atoms with E-state index in [2.05, 4.69) is 10.6 Å². The summed E-state index contributed by atoms with van der Waals surface area (Å²) in [7, 11) is 0. The quantitative estimate of drug-likeness (QED) is 0.485. The number of hydrogen-bond acceptors (Lipinski definition) is 4. The highest BCUT2D eigenvalue weighted by atomic mass is 19.1. The largest absolute Gasteiger partial charge is 0.445 e. The second-order valence-electron chi connectivity index (χ2n) is 8.72. The Morgan fingerprint density at radius 2 is 1.63 bits per heavy atom. The number of anilines is 2. The van der Waals surface area contributed by atoms with Crippen molar-refractivity contribution < 1.29 is 23.1 Å². The SMILES string of the molecule is C[C@H]1C[C@@](Nc2cccc(F)c2)(C(=O)Nc2cccc(F)c2)CCN1C(=O)OCc1ccccc1. The molecule has 1 heterocycles. The monoisotopic (exact) mass is 479 g/mol. The van der Waals surface area contributed by atoms with Crippen LogP contribution < -0.4 is 10.6 Å². The molecule has 1 aliphatic heterocycles. The number of likely N-dealkylation sites (tertiary alicyclic amines) is 1. The summed E-state index contributed by atoms with van der Waals surface area (Å²) in [5.41, 5.74) is 0.469. The van der Waals surface area contributed by atoms with Gasteiger partial charge in [0.1, 0.15) is 23.8 Å². The molecule has 0 aliphatic carbocycles. The Bertz CT molecular complexity index is 1190. The molecule has 0 unspecified atom stereocenters. The van der Waals surface area contributed by atoms with E-state index < -0.39 is 29.2 Å². The van der Waals surface area contributed by atoms with Crippen LogP contribution in [0.25, 0.3) is 0 Å². The topological polar surface area (TPSA) is 70.7 Å². The minimum absolute atomic E-state index is 0.148. The van der Waals surface area contributed by atoms with E-state index in [4.69, 9.17) is 4.74 Å². The normalized spacial score (nSPS) is 19.6. The predicted octanol–water partition coefficient (Wildman–Crippen LogP) is 5.58. The van der Waals surface area contributed by atoms with E-state index in [1.165, 1.54) is 30.3 Å². The standard InChI is InChI=1S/C27H27F2N3O3/c1-19-17-27(31-24-12-6-10-22(29)16-24,25(33)30-23-11-5-9-21(28)15-23)13-14-32(19)26(34)35-18-20-7-3-2-4-8-20/h2-12,15-16,19,31H,13-14,17-18H2,1H3,(H,30,33)/t19-,27+/m0/s1. The number of ether oxygens (including phenoxy) is 1. The van der Waals surface area contributed by atoms with Crippen molar-refractivity contribution in [1.82, 2.24) is 4.90 Å². The van der Waals surface area contributed by atoms with Crippen LogP contribution in [0, 0.1) is 11.6 Å². The molecule has 1 fully saturated rings. The first-order valence-electron chi connectivity index (χ1n) is 11.4. The van der Waals surface area contributed by atoms with E-state index in [0.717, 1.165) is 5.56 Å². The van der Waals surface area contributed by atoms with E-state index in [1.54, 1.807) is 23.1 Å². The Morgan fingerprint density at radius 3 is 2.29 bits per heavy atom. The smallest absolute Gasteiger partial charge is 0.410 e. The summed E-state index contributed by atoms with van der Waals surface area (Å²) >= 11 is 0. The predicted molar refractivity (Wildman–Crippen MR) is 130 cm³/mol. The molecule has 2 atom stereocenters. The number of carbonyl (C=O) groups excluding carboxylic acids is 2. The van der Waals surface area contributed by atoms with Crippen molar-refractivity contribution in [2.24, 2.45) is 0 Å². The minimum Gasteiger partial charge on any atom is -0.445 e. The van der Waals surface area contributed by atoms with Crippen molar-refractivity contribution >= 4 is 23.4 Å². The molecule has 0 radical (unpaired) electrons. The van der Waals surface area contributed by atoms with Gasteiger partial charge in [-0.05, 0) is 61.7 Å². The van der Waals surface area contributed by atoms with Gasteiger partial charge in [-0.25, -0.2) is 13.6 Å². The molecule has 2 amide bonds. The van der Waals surface area contributed by atoms with Crippen molar-refractivity contribution in [3.05, 3.63) is 96.1 Å². The lowest BCUT2D eigenvalue weighted by Crippen LogP contribution is -2.60. The van der Waals surface area contributed by atoms with E-state index in [9.17, 15) is 18.4 Å². The number of nitrogens with one attached hydrogen (secondary N) is 2. The maximum atomic E-state index is 13.9. The summed E-state index contributed by atoms with van der Waals surface area (Å²) in [6.45, 7) is 2.23. The van der Waals surface area contributed by atoms with Crippen LogP contribution in [0.3, 0.4) is 0 Å². The molecule has 0 aromatic heterocycles. The minimum atomic E-state index is -1.16. The first-order valence-corrected chi connectivity index (χ1v) is 11.4. The first kappa shape index (κ1) is 24.2. The Morgan fingerprint density at radius 1 is 0.971 bits per heavy atom. The molecule has 0 bridgehead atoms. The summed E-state index contributed by atoms with van der Waals surface area (Å²) in [4.78, 5) is 27.9. The number of halogens is 2. The fourth-order valence-electron chi connectivity index (χ4n) is 4.36. The van der Waals surface area contributed by atoms with Crippen molar-refractivity contribution in [2.45, 2.75) is 38.0 Å². The van der Waals surface area contributed by atoms with Crippen molar-refractivity contribution in [3.8, 4) is 0 Å². The Kier molecular flexibility index (Phi) is 7.29. The van der Waals surface area contributed by atoms with Gasteiger partial charge < -0.3 is 20.3 Å². The zero-order valence-corrected chi connectivity index (χ0v) is 19.3. The molecule has 1 saturated heterocycles. The van der Waals surface area contributed by atoms with Crippen LogP contribution in [0.2, 0.25) is 0 Å². The fraction of sp³-hybridized carbons (Fsp3) is 0.259. The van der Waals surface area contributed by atoms with Crippen LogP contribution in [0.15, 0.2) is 78.9 Å². The Hall–Kier alpha value is -3.94. The zero-order valence-electron chi connectivity index (χ0n) is 19.3. The highest BCUT2D eigenvalue weighted by Crippen LogP contribution is 2.33. The highest BCUT2D eigenvalue weighted by Gasteiger charge is 2.46. The molecule has 3 aromatic rings.